The van der Waals surface area contributed by atoms with E-state index in [9.17, 15) is 19.5 Å². The second-order valence-corrected chi connectivity index (χ2v) is 6.76. The van der Waals surface area contributed by atoms with E-state index in [2.05, 4.69) is 0 Å². The number of methoxy groups -OCH3 is 1. The van der Waals surface area contributed by atoms with Gasteiger partial charge < -0.3 is 24.7 Å². The molecule has 0 aliphatic carbocycles. The molecule has 8 heteroatoms. The number of carboxylic acids is 1. The van der Waals surface area contributed by atoms with Crippen LogP contribution >= 0.6 is 0 Å². The Labute approximate surface area is 149 Å². The molecule has 2 rings (SSSR count). The maximum Gasteiger partial charge on any atom is 0.336 e. The van der Waals surface area contributed by atoms with Crippen molar-refractivity contribution in [3.63, 3.8) is 0 Å². The zero-order valence-electron chi connectivity index (χ0n) is 14.9. The summed E-state index contributed by atoms with van der Waals surface area (Å²) in [6.07, 6.45) is 0. The molecule has 8 nitrogen and oxygen atoms in total. The Balaban J connectivity index is 2.55. The maximum absolute atomic E-state index is 12.3. The molecular formula is C18H21NO7. The van der Waals surface area contributed by atoms with Crippen molar-refractivity contribution in [3.8, 4) is 5.75 Å². The minimum absolute atomic E-state index is 0.177. The number of fused-ring (bicyclic) bond motifs is 1. The molecule has 2 aromatic rings. The van der Waals surface area contributed by atoms with Crippen LogP contribution in [0.4, 0.5) is 0 Å². The molecule has 0 aliphatic rings. The summed E-state index contributed by atoms with van der Waals surface area (Å²) in [6, 6.07) is 4.46. The number of ether oxygens (including phenoxy) is 2. The van der Waals surface area contributed by atoms with Crippen molar-refractivity contribution in [2.24, 2.45) is 11.7 Å². The molecule has 0 spiro atoms. The number of hydrogen-bond donors (Lipinski definition) is 2. The fourth-order valence-corrected chi connectivity index (χ4v) is 2.52. The highest BCUT2D eigenvalue weighted by Gasteiger charge is 2.38. The van der Waals surface area contributed by atoms with Crippen LogP contribution < -0.4 is 16.1 Å². The number of rotatable bonds is 5. The first-order valence-electron chi connectivity index (χ1n) is 7.86. The lowest BCUT2D eigenvalue weighted by atomic mass is 9.91. The summed E-state index contributed by atoms with van der Waals surface area (Å²) in [7, 11) is 1.46. The van der Waals surface area contributed by atoms with Gasteiger partial charge >= 0.3 is 17.6 Å². The smallest absolute Gasteiger partial charge is 0.336 e. The average Bonchev–Trinajstić information content (AvgIpc) is 2.51. The fourth-order valence-electron chi connectivity index (χ4n) is 2.52. The molecule has 0 aliphatic heterocycles. The molecule has 26 heavy (non-hydrogen) atoms. The highest BCUT2D eigenvalue weighted by Crippen LogP contribution is 2.30. The third-order valence-electron chi connectivity index (χ3n) is 3.63. The molecule has 3 N–H and O–H groups in total. The summed E-state index contributed by atoms with van der Waals surface area (Å²) in [5.74, 6) is -3.65. The Morgan fingerprint density at radius 2 is 1.88 bits per heavy atom. The molecule has 140 valence electrons. The standard InChI is InChI=1S/C18H21NO7/c1-18(2,3)26-17(23)14(16(21)22)15(19)11-8-13(20)25-12-7-9(24-4)5-6-10(11)12/h5-8,14-15H,19H2,1-4H3,(H,21,22)/t14-,15?/m0/s1. The van der Waals surface area contributed by atoms with Crippen LogP contribution in [0.2, 0.25) is 0 Å². The van der Waals surface area contributed by atoms with Crippen LogP contribution in [0.15, 0.2) is 33.5 Å². The zero-order valence-corrected chi connectivity index (χ0v) is 14.9. The molecule has 1 unspecified atom stereocenters. The molecule has 0 fully saturated rings. The van der Waals surface area contributed by atoms with E-state index in [1.165, 1.54) is 13.2 Å². The summed E-state index contributed by atoms with van der Waals surface area (Å²) in [6.45, 7) is 4.86. The van der Waals surface area contributed by atoms with Gasteiger partial charge in [-0.15, -0.1) is 0 Å². The Morgan fingerprint density at radius 1 is 1.23 bits per heavy atom. The predicted octanol–water partition coefficient (Wildman–Crippen LogP) is 1.84. The molecule has 0 radical (unpaired) electrons. The van der Waals surface area contributed by atoms with Gasteiger partial charge in [0.1, 0.15) is 16.9 Å². The molecule has 0 amide bonds. The highest BCUT2D eigenvalue weighted by molar-refractivity contribution is 5.96. The average molecular weight is 363 g/mol. The van der Waals surface area contributed by atoms with E-state index in [0.717, 1.165) is 6.07 Å². The number of hydrogen-bond acceptors (Lipinski definition) is 7. The summed E-state index contributed by atoms with van der Waals surface area (Å²) < 4.78 is 15.4. The number of nitrogens with two attached hydrogens (primary N) is 1. The molecular weight excluding hydrogens is 342 g/mol. The summed E-state index contributed by atoms with van der Waals surface area (Å²) in [5.41, 5.74) is 4.83. The Kier molecular flexibility index (Phi) is 5.36. The predicted molar refractivity (Wildman–Crippen MR) is 92.9 cm³/mol. The van der Waals surface area contributed by atoms with Gasteiger partial charge in [-0.25, -0.2) is 4.79 Å². The van der Waals surface area contributed by atoms with E-state index in [4.69, 9.17) is 19.6 Å². The largest absolute Gasteiger partial charge is 0.497 e. The maximum atomic E-state index is 12.3. The van der Waals surface area contributed by atoms with E-state index in [1.807, 2.05) is 0 Å². The summed E-state index contributed by atoms with van der Waals surface area (Å²) in [4.78, 5) is 35.9. The van der Waals surface area contributed by atoms with Crippen molar-refractivity contribution < 1.29 is 28.6 Å². The summed E-state index contributed by atoms with van der Waals surface area (Å²) >= 11 is 0. The van der Waals surface area contributed by atoms with Gasteiger partial charge in [-0.2, -0.15) is 0 Å². The number of carbonyl (C=O) groups is 2. The van der Waals surface area contributed by atoms with Crippen LogP contribution in [0.5, 0.6) is 5.75 Å². The Morgan fingerprint density at radius 3 is 2.42 bits per heavy atom. The van der Waals surface area contributed by atoms with Gasteiger partial charge in [0.2, 0.25) is 0 Å². The quantitative estimate of drug-likeness (QED) is 0.468. The Bertz CT molecular complexity index is 895. The number of carboxylic acid groups (broad SMARTS) is 1. The molecule has 0 saturated carbocycles. The molecule has 0 saturated heterocycles. The van der Waals surface area contributed by atoms with E-state index in [-0.39, 0.29) is 11.1 Å². The highest BCUT2D eigenvalue weighted by atomic mass is 16.6. The van der Waals surface area contributed by atoms with Crippen molar-refractivity contribution >= 4 is 22.9 Å². The van der Waals surface area contributed by atoms with Crippen LogP contribution in [0.1, 0.15) is 32.4 Å². The topological polar surface area (TPSA) is 129 Å². The number of carbonyl (C=O) groups excluding carboxylic acids is 1. The molecule has 2 atom stereocenters. The molecule has 0 bridgehead atoms. The van der Waals surface area contributed by atoms with Crippen LogP contribution in [-0.2, 0) is 14.3 Å². The fraction of sp³-hybridized carbons (Fsp3) is 0.389. The Hall–Kier alpha value is -2.87. The second kappa shape index (κ2) is 7.17. The minimum Gasteiger partial charge on any atom is -0.497 e. The first kappa shape index (κ1) is 19.5. The van der Waals surface area contributed by atoms with Crippen molar-refractivity contribution in [1.82, 2.24) is 0 Å². The first-order valence-corrected chi connectivity index (χ1v) is 7.86. The van der Waals surface area contributed by atoms with Crippen molar-refractivity contribution in [1.29, 1.82) is 0 Å². The van der Waals surface area contributed by atoms with Gasteiger partial charge in [-0.3, -0.25) is 9.59 Å². The molecule has 1 aromatic heterocycles. The van der Waals surface area contributed by atoms with Crippen LogP contribution in [0, 0.1) is 5.92 Å². The second-order valence-electron chi connectivity index (χ2n) is 6.76. The van der Waals surface area contributed by atoms with E-state index < -0.39 is 35.1 Å². The third-order valence-corrected chi connectivity index (χ3v) is 3.63. The van der Waals surface area contributed by atoms with Gasteiger partial charge in [0.05, 0.1) is 13.2 Å². The molecule has 1 aromatic carbocycles. The van der Waals surface area contributed by atoms with Crippen LogP contribution in [-0.4, -0.2) is 29.8 Å². The van der Waals surface area contributed by atoms with E-state index >= 15 is 0 Å². The number of aliphatic carboxylic acids is 1. The minimum atomic E-state index is -1.68. The molecule has 1 heterocycles. The monoisotopic (exact) mass is 363 g/mol. The summed E-state index contributed by atoms with van der Waals surface area (Å²) in [5, 5.41) is 9.90. The normalized spacial score (nSPS) is 13.9. The van der Waals surface area contributed by atoms with Gasteiger partial charge in [-0.1, -0.05) is 0 Å². The van der Waals surface area contributed by atoms with Gasteiger partial charge in [-0.05, 0) is 38.5 Å². The van der Waals surface area contributed by atoms with Crippen LogP contribution in [0.25, 0.3) is 11.0 Å². The van der Waals surface area contributed by atoms with Crippen molar-refractivity contribution in [2.45, 2.75) is 32.4 Å². The lowest BCUT2D eigenvalue weighted by Gasteiger charge is -2.25. The van der Waals surface area contributed by atoms with E-state index in [1.54, 1.807) is 32.9 Å². The number of esters is 1. The third kappa shape index (κ3) is 4.20. The SMILES string of the molecule is COc1ccc2c(C(N)[C@@H](C(=O)O)C(=O)OC(C)(C)C)cc(=O)oc2c1. The lowest BCUT2D eigenvalue weighted by molar-refractivity contribution is -0.167. The van der Waals surface area contributed by atoms with Crippen LogP contribution in [0.3, 0.4) is 0 Å². The van der Waals surface area contributed by atoms with Crippen molar-refractivity contribution in [3.05, 3.63) is 40.2 Å². The zero-order chi connectivity index (χ0) is 19.6. The van der Waals surface area contributed by atoms with Gasteiger partial charge in [0.25, 0.3) is 0 Å². The van der Waals surface area contributed by atoms with E-state index in [0.29, 0.717) is 11.1 Å². The van der Waals surface area contributed by atoms with Gasteiger partial charge in [0, 0.05) is 17.5 Å². The van der Waals surface area contributed by atoms with Gasteiger partial charge in [0.15, 0.2) is 5.92 Å². The number of benzene rings is 1. The first-order chi connectivity index (χ1) is 12.0. The van der Waals surface area contributed by atoms with Crippen molar-refractivity contribution in [2.75, 3.05) is 7.11 Å². The lowest BCUT2D eigenvalue weighted by Crippen LogP contribution is -2.39.